The number of hydrogen-bond donors (Lipinski definition) is 1. The van der Waals surface area contributed by atoms with Gasteiger partial charge in [0.05, 0.1) is 0 Å². The third-order valence-electron chi connectivity index (χ3n) is 4.19. The highest BCUT2D eigenvalue weighted by atomic mass is 35.5. The monoisotopic (exact) mass is 316 g/mol. The molecule has 1 aliphatic rings. The molecule has 0 atom stereocenters. The standard InChI is InChI=1S/C18H20N2O.ClH/c19-17-8-4-7-16(13-17)18(21)20-11-9-15(10-12-20)14-5-2-1-3-6-14;/h1-8,13,15H,9-12,19H2;1H. The molecule has 0 spiro atoms. The van der Waals surface area contributed by atoms with Crippen LogP contribution in [0.5, 0.6) is 0 Å². The van der Waals surface area contributed by atoms with Gasteiger partial charge in [-0.15, -0.1) is 12.4 Å². The van der Waals surface area contributed by atoms with E-state index < -0.39 is 0 Å². The number of piperidine rings is 1. The van der Waals surface area contributed by atoms with Crippen molar-refractivity contribution >= 4 is 24.0 Å². The summed E-state index contributed by atoms with van der Waals surface area (Å²) in [6.45, 7) is 1.63. The molecule has 1 heterocycles. The van der Waals surface area contributed by atoms with E-state index in [1.165, 1.54) is 5.56 Å². The Balaban J connectivity index is 0.00000176. The van der Waals surface area contributed by atoms with Crippen LogP contribution in [-0.4, -0.2) is 23.9 Å². The SMILES string of the molecule is Cl.Nc1cccc(C(=O)N2CCC(c3ccccc3)CC2)c1. The Labute approximate surface area is 137 Å². The van der Waals surface area contributed by atoms with Crippen LogP contribution >= 0.6 is 12.4 Å². The fourth-order valence-corrected chi connectivity index (χ4v) is 3.00. The predicted octanol–water partition coefficient (Wildman–Crippen LogP) is 3.71. The van der Waals surface area contributed by atoms with Gasteiger partial charge in [0.2, 0.25) is 0 Å². The molecule has 0 aliphatic carbocycles. The van der Waals surface area contributed by atoms with Gasteiger partial charge in [0.15, 0.2) is 0 Å². The second kappa shape index (κ2) is 7.32. The number of nitrogens with two attached hydrogens (primary N) is 1. The Morgan fingerprint density at radius 2 is 1.68 bits per heavy atom. The van der Waals surface area contributed by atoms with Gasteiger partial charge in [0.25, 0.3) is 5.91 Å². The maximum Gasteiger partial charge on any atom is 0.253 e. The molecule has 2 N–H and O–H groups in total. The summed E-state index contributed by atoms with van der Waals surface area (Å²) in [7, 11) is 0. The first-order valence-corrected chi connectivity index (χ1v) is 7.44. The van der Waals surface area contributed by atoms with Crippen LogP contribution in [0.4, 0.5) is 5.69 Å². The van der Waals surface area contributed by atoms with Gasteiger partial charge < -0.3 is 10.6 Å². The van der Waals surface area contributed by atoms with Gasteiger partial charge in [-0.2, -0.15) is 0 Å². The van der Waals surface area contributed by atoms with E-state index in [1.807, 2.05) is 23.1 Å². The number of nitrogens with zero attached hydrogens (tertiary/aromatic N) is 1. The minimum absolute atomic E-state index is 0. The summed E-state index contributed by atoms with van der Waals surface area (Å²) in [4.78, 5) is 14.4. The maximum atomic E-state index is 12.5. The molecule has 0 aromatic heterocycles. The molecule has 3 rings (SSSR count). The number of rotatable bonds is 2. The third kappa shape index (κ3) is 3.60. The third-order valence-corrected chi connectivity index (χ3v) is 4.19. The van der Waals surface area contributed by atoms with Crippen molar-refractivity contribution in [3.63, 3.8) is 0 Å². The van der Waals surface area contributed by atoms with Crippen molar-refractivity contribution in [2.24, 2.45) is 0 Å². The predicted molar refractivity (Wildman–Crippen MR) is 92.4 cm³/mol. The largest absolute Gasteiger partial charge is 0.399 e. The van der Waals surface area contributed by atoms with Crippen molar-refractivity contribution < 1.29 is 4.79 Å². The summed E-state index contributed by atoms with van der Waals surface area (Å²) >= 11 is 0. The van der Waals surface area contributed by atoms with Gasteiger partial charge >= 0.3 is 0 Å². The minimum Gasteiger partial charge on any atom is -0.399 e. The van der Waals surface area contributed by atoms with Crippen LogP contribution in [0.25, 0.3) is 0 Å². The number of nitrogen functional groups attached to an aromatic ring is 1. The molecule has 3 nitrogen and oxygen atoms in total. The number of likely N-dealkylation sites (tertiary alicyclic amines) is 1. The molecule has 1 fully saturated rings. The van der Waals surface area contributed by atoms with Gasteiger partial charge in [-0.1, -0.05) is 36.4 Å². The van der Waals surface area contributed by atoms with Gasteiger partial charge in [0.1, 0.15) is 0 Å². The van der Waals surface area contributed by atoms with E-state index in [-0.39, 0.29) is 18.3 Å². The summed E-state index contributed by atoms with van der Waals surface area (Å²) in [6.07, 6.45) is 2.05. The lowest BCUT2D eigenvalue weighted by Gasteiger charge is -2.32. The Morgan fingerprint density at radius 1 is 1.00 bits per heavy atom. The summed E-state index contributed by atoms with van der Waals surface area (Å²) in [5.41, 5.74) is 8.46. The lowest BCUT2D eigenvalue weighted by atomic mass is 9.89. The average molecular weight is 317 g/mol. The van der Waals surface area contributed by atoms with Crippen LogP contribution in [0.15, 0.2) is 54.6 Å². The van der Waals surface area contributed by atoms with Crippen molar-refractivity contribution in [2.45, 2.75) is 18.8 Å². The quantitative estimate of drug-likeness (QED) is 0.858. The topological polar surface area (TPSA) is 46.3 Å². The molecule has 116 valence electrons. The van der Waals surface area contributed by atoms with Crippen molar-refractivity contribution in [1.29, 1.82) is 0 Å². The number of carbonyl (C=O) groups is 1. The van der Waals surface area contributed by atoms with Crippen molar-refractivity contribution in [1.82, 2.24) is 4.90 Å². The van der Waals surface area contributed by atoms with E-state index in [0.717, 1.165) is 25.9 Å². The normalized spacial score (nSPS) is 15.2. The highest BCUT2D eigenvalue weighted by Crippen LogP contribution is 2.28. The van der Waals surface area contributed by atoms with E-state index >= 15 is 0 Å². The molecule has 4 heteroatoms. The minimum atomic E-state index is 0. The molecule has 1 aliphatic heterocycles. The van der Waals surface area contributed by atoms with Crippen LogP contribution in [0.3, 0.4) is 0 Å². The van der Waals surface area contributed by atoms with Crippen molar-refractivity contribution in [2.75, 3.05) is 18.8 Å². The van der Waals surface area contributed by atoms with Crippen LogP contribution in [0, 0.1) is 0 Å². The van der Waals surface area contributed by atoms with Gasteiger partial charge in [-0.05, 0) is 42.5 Å². The smallest absolute Gasteiger partial charge is 0.253 e. The Kier molecular flexibility index (Phi) is 5.45. The van der Waals surface area contributed by atoms with Crippen molar-refractivity contribution in [3.8, 4) is 0 Å². The summed E-state index contributed by atoms with van der Waals surface area (Å²) in [5, 5.41) is 0. The first-order valence-electron chi connectivity index (χ1n) is 7.44. The van der Waals surface area contributed by atoms with Crippen LogP contribution < -0.4 is 5.73 Å². The Bertz CT molecular complexity index is 622. The highest BCUT2D eigenvalue weighted by Gasteiger charge is 2.24. The zero-order valence-corrected chi connectivity index (χ0v) is 13.3. The second-order valence-electron chi connectivity index (χ2n) is 5.60. The number of amides is 1. The second-order valence-corrected chi connectivity index (χ2v) is 5.60. The molecule has 0 bridgehead atoms. The van der Waals surface area contributed by atoms with Gasteiger partial charge in [-0.25, -0.2) is 0 Å². The fraction of sp³-hybridized carbons (Fsp3) is 0.278. The van der Waals surface area contributed by atoms with Crippen molar-refractivity contribution in [3.05, 3.63) is 65.7 Å². The molecular formula is C18H21ClN2O. The Hall–Kier alpha value is -2.00. The highest BCUT2D eigenvalue weighted by molar-refractivity contribution is 5.95. The fourth-order valence-electron chi connectivity index (χ4n) is 3.00. The number of halogens is 1. The Morgan fingerprint density at radius 3 is 2.32 bits per heavy atom. The van der Waals surface area contributed by atoms with E-state index in [2.05, 4.69) is 24.3 Å². The molecule has 22 heavy (non-hydrogen) atoms. The van der Waals surface area contributed by atoms with E-state index in [1.54, 1.807) is 12.1 Å². The number of anilines is 1. The lowest BCUT2D eigenvalue weighted by molar-refractivity contribution is 0.0713. The first-order chi connectivity index (χ1) is 10.2. The number of carbonyl (C=O) groups excluding carboxylic acids is 1. The summed E-state index contributed by atoms with van der Waals surface area (Å²) in [6, 6.07) is 17.8. The molecule has 0 radical (unpaired) electrons. The lowest BCUT2D eigenvalue weighted by Crippen LogP contribution is -2.37. The van der Waals surface area contributed by atoms with Gasteiger partial charge in [-0.3, -0.25) is 4.79 Å². The molecule has 2 aromatic carbocycles. The molecule has 1 amide bonds. The average Bonchev–Trinajstić information content (AvgIpc) is 2.55. The molecule has 2 aromatic rings. The summed E-state index contributed by atoms with van der Waals surface area (Å²) in [5.74, 6) is 0.657. The van der Waals surface area contributed by atoms with E-state index in [0.29, 0.717) is 17.2 Å². The van der Waals surface area contributed by atoms with E-state index in [9.17, 15) is 4.79 Å². The molecule has 0 saturated carbocycles. The number of hydrogen-bond acceptors (Lipinski definition) is 2. The molecule has 1 saturated heterocycles. The zero-order valence-electron chi connectivity index (χ0n) is 12.4. The van der Waals surface area contributed by atoms with Crippen LogP contribution in [-0.2, 0) is 0 Å². The first kappa shape index (κ1) is 16.4. The van der Waals surface area contributed by atoms with E-state index in [4.69, 9.17) is 5.73 Å². The maximum absolute atomic E-state index is 12.5. The zero-order chi connectivity index (χ0) is 14.7. The van der Waals surface area contributed by atoms with Gasteiger partial charge in [0, 0.05) is 24.3 Å². The molecule has 0 unspecified atom stereocenters. The summed E-state index contributed by atoms with van der Waals surface area (Å²) < 4.78 is 0. The van der Waals surface area contributed by atoms with Crippen LogP contribution in [0.1, 0.15) is 34.7 Å². The molecular weight excluding hydrogens is 296 g/mol. The van der Waals surface area contributed by atoms with Crippen LogP contribution in [0.2, 0.25) is 0 Å². The number of benzene rings is 2.